The van der Waals surface area contributed by atoms with Crippen LogP contribution in [0.25, 0.3) is 0 Å². The van der Waals surface area contributed by atoms with Gasteiger partial charge in [-0.2, -0.15) is 13.2 Å². The molecule has 3 rings (SSSR count). The Hall–Kier alpha value is -2.23. The summed E-state index contributed by atoms with van der Waals surface area (Å²) in [5.74, 6) is 0.541. The smallest absolute Gasteiger partial charge is 0.359 e. The van der Waals surface area contributed by atoms with Crippen LogP contribution >= 0.6 is 11.5 Å². The van der Waals surface area contributed by atoms with Crippen molar-refractivity contribution < 1.29 is 18.0 Å². The molecule has 1 aliphatic heterocycles. The van der Waals surface area contributed by atoms with Crippen LogP contribution in [0.4, 0.5) is 19.0 Å². The Morgan fingerprint density at radius 2 is 2.07 bits per heavy atom. The van der Waals surface area contributed by atoms with E-state index in [0.29, 0.717) is 36.0 Å². The molecule has 2 aromatic heterocycles. The Kier molecular flexibility index (Phi) is 5.64. The van der Waals surface area contributed by atoms with Gasteiger partial charge in [0.25, 0.3) is 5.91 Å². The molecule has 27 heavy (non-hydrogen) atoms. The summed E-state index contributed by atoms with van der Waals surface area (Å²) in [7, 11) is 1.74. The zero-order valence-corrected chi connectivity index (χ0v) is 15.8. The average molecular weight is 399 g/mol. The fourth-order valence-corrected chi connectivity index (χ4v) is 3.80. The summed E-state index contributed by atoms with van der Waals surface area (Å²) in [5, 5.41) is 3.87. The molecule has 0 saturated carbocycles. The van der Waals surface area contributed by atoms with Gasteiger partial charge < -0.3 is 9.80 Å². The molecule has 0 aromatic carbocycles. The van der Waals surface area contributed by atoms with Crippen LogP contribution in [0.1, 0.15) is 33.8 Å². The number of pyridine rings is 1. The number of likely N-dealkylation sites (tertiary alicyclic amines) is 1. The molecule has 0 atom stereocenters. The van der Waals surface area contributed by atoms with Gasteiger partial charge in [-0.3, -0.25) is 4.79 Å². The molecular formula is C17H20F3N5OS. The Balaban J connectivity index is 1.56. The lowest BCUT2D eigenvalue weighted by Crippen LogP contribution is -2.41. The number of alkyl halides is 3. The highest BCUT2D eigenvalue weighted by Crippen LogP contribution is 2.31. The molecule has 0 N–H and O–H groups in total. The van der Waals surface area contributed by atoms with Gasteiger partial charge in [0, 0.05) is 32.9 Å². The number of anilines is 1. The van der Waals surface area contributed by atoms with E-state index in [1.165, 1.54) is 6.20 Å². The number of amides is 1. The monoisotopic (exact) mass is 399 g/mol. The maximum absolute atomic E-state index is 12.9. The normalized spacial score (nSPS) is 15.8. The third-order valence-corrected chi connectivity index (χ3v) is 5.56. The number of aryl methyl sites for hydroxylation is 1. The zero-order chi connectivity index (χ0) is 19.6. The molecule has 3 heterocycles. The van der Waals surface area contributed by atoms with Crippen molar-refractivity contribution in [3.05, 3.63) is 34.5 Å². The maximum Gasteiger partial charge on any atom is 0.416 e. The van der Waals surface area contributed by atoms with E-state index in [4.69, 9.17) is 0 Å². The van der Waals surface area contributed by atoms with E-state index in [1.807, 2.05) is 0 Å². The molecule has 1 fully saturated rings. The van der Waals surface area contributed by atoms with Gasteiger partial charge in [-0.05, 0) is 49.3 Å². The molecule has 0 spiro atoms. The standard InChI is InChI=1S/C17H20F3N5OS/c1-11-15(27-23-22-11)16(26)25-7-4-12(5-8-25)10-24(2)14-9-13(3-6-21-14)17(18,19)20/h3,6,9,12H,4-5,7-8,10H2,1-2H3. The molecule has 6 nitrogen and oxygen atoms in total. The predicted molar refractivity (Wildman–Crippen MR) is 95.8 cm³/mol. The van der Waals surface area contributed by atoms with Crippen LogP contribution in [0.2, 0.25) is 0 Å². The van der Waals surface area contributed by atoms with Crippen molar-refractivity contribution in [2.24, 2.45) is 5.92 Å². The van der Waals surface area contributed by atoms with E-state index < -0.39 is 11.7 Å². The molecule has 1 aliphatic rings. The number of aromatic nitrogens is 3. The highest BCUT2D eigenvalue weighted by atomic mass is 32.1. The second-order valence-corrected chi connectivity index (χ2v) is 7.46. The molecule has 0 aliphatic carbocycles. The SMILES string of the molecule is Cc1nnsc1C(=O)N1CCC(CN(C)c2cc(C(F)(F)F)ccn2)CC1. The summed E-state index contributed by atoms with van der Waals surface area (Å²) < 4.78 is 42.4. The van der Waals surface area contributed by atoms with Gasteiger partial charge in [0.2, 0.25) is 0 Å². The van der Waals surface area contributed by atoms with Crippen molar-refractivity contribution in [2.75, 3.05) is 31.6 Å². The number of rotatable bonds is 4. The summed E-state index contributed by atoms with van der Waals surface area (Å²) in [4.78, 5) is 20.7. The minimum atomic E-state index is -4.38. The van der Waals surface area contributed by atoms with Gasteiger partial charge in [0.15, 0.2) is 0 Å². The number of piperidine rings is 1. The highest BCUT2D eigenvalue weighted by molar-refractivity contribution is 7.07. The number of carbonyl (C=O) groups is 1. The number of halogens is 3. The molecule has 146 valence electrons. The fraction of sp³-hybridized carbons (Fsp3) is 0.529. The summed E-state index contributed by atoms with van der Waals surface area (Å²) >= 11 is 1.10. The average Bonchev–Trinajstić information content (AvgIpc) is 3.07. The Labute approximate surface area is 159 Å². The van der Waals surface area contributed by atoms with E-state index in [1.54, 1.807) is 23.8 Å². The number of nitrogens with zero attached hydrogens (tertiary/aromatic N) is 5. The molecular weight excluding hydrogens is 379 g/mol. The predicted octanol–water partition coefficient (Wildman–Crippen LogP) is 3.25. The van der Waals surface area contributed by atoms with Gasteiger partial charge in [-0.25, -0.2) is 4.98 Å². The minimum Gasteiger partial charge on any atom is -0.359 e. The van der Waals surface area contributed by atoms with E-state index in [2.05, 4.69) is 14.6 Å². The Bertz CT molecular complexity index is 802. The summed E-state index contributed by atoms with van der Waals surface area (Å²) in [5.41, 5.74) is -0.0595. The minimum absolute atomic E-state index is 0.0474. The lowest BCUT2D eigenvalue weighted by atomic mass is 9.96. The molecule has 2 aromatic rings. The van der Waals surface area contributed by atoms with Crippen molar-refractivity contribution in [2.45, 2.75) is 25.9 Å². The van der Waals surface area contributed by atoms with Crippen LogP contribution in [-0.2, 0) is 6.18 Å². The topological polar surface area (TPSA) is 62.2 Å². The third kappa shape index (κ3) is 4.55. The summed E-state index contributed by atoms with van der Waals surface area (Å²) in [6.07, 6.45) is -1.62. The van der Waals surface area contributed by atoms with E-state index >= 15 is 0 Å². The first kappa shape index (κ1) is 19.5. The molecule has 0 radical (unpaired) electrons. The van der Waals surface area contributed by atoms with Crippen molar-refractivity contribution in [3.63, 3.8) is 0 Å². The summed E-state index contributed by atoms with van der Waals surface area (Å²) in [6.45, 7) is 3.59. The first-order chi connectivity index (χ1) is 12.8. The van der Waals surface area contributed by atoms with Crippen molar-refractivity contribution >= 4 is 23.3 Å². The lowest BCUT2D eigenvalue weighted by molar-refractivity contribution is -0.137. The van der Waals surface area contributed by atoms with Gasteiger partial charge in [0.1, 0.15) is 10.7 Å². The molecule has 1 saturated heterocycles. The van der Waals surface area contributed by atoms with Crippen LogP contribution < -0.4 is 4.90 Å². The molecule has 10 heteroatoms. The fourth-order valence-electron chi connectivity index (χ4n) is 3.17. The van der Waals surface area contributed by atoms with Crippen LogP contribution in [-0.4, -0.2) is 52.1 Å². The largest absolute Gasteiger partial charge is 0.416 e. The maximum atomic E-state index is 12.9. The molecule has 0 bridgehead atoms. The van der Waals surface area contributed by atoms with E-state index in [-0.39, 0.29) is 11.8 Å². The van der Waals surface area contributed by atoms with Gasteiger partial charge in [-0.1, -0.05) is 4.49 Å². The number of hydrogen-bond donors (Lipinski definition) is 0. The summed E-state index contributed by atoms with van der Waals surface area (Å²) in [6, 6.07) is 2.04. The Morgan fingerprint density at radius 1 is 1.37 bits per heavy atom. The van der Waals surface area contributed by atoms with Crippen molar-refractivity contribution in [1.82, 2.24) is 19.5 Å². The van der Waals surface area contributed by atoms with Crippen molar-refractivity contribution in [3.8, 4) is 0 Å². The highest BCUT2D eigenvalue weighted by Gasteiger charge is 2.31. The quantitative estimate of drug-likeness (QED) is 0.790. The van der Waals surface area contributed by atoms with Crippen LogP contribution in [0.5, 0.6) is 0 Å². The first-order valence-corrected chi connectivity index (χ1v) is 9.35. The van der Waals surface area contributed by atoms with Gasteiger partial charge in [-0.15, -0.1) is 5.10 Å². The zero-order valence-electron chi connectivity index (χ0n) is 15.0. The second-order valence-electron chi connectivity index (χ2n) is 6.70. The second kappa shape index (κ2) is 7.79. The van der Waals surface area contributed by atoms with Crippen LogP contribution in [0, 0.1) is 12.8 Å². The molecule has 1 amide bonds. The number of hydrogen-bond acceptors (Lipinski definition) is 6. The van der Waals surface area contributed by atoms with E-state index in [9.17, 15) is 18.0 Å². The Morgan fingerprint density at radius 3 is 2.67 bits per heavy atom. The number of carbonyl (C=O) groups excluding carboxylic acids is 1. The van der Waals surface area contributed by atoms with Crippen LogP contribution in [0.3, 0.4) is 0 Å². The van der Waals surface area contributed by atoms with Crippen LogP contribution in [0.15, 0.2) is 18.3 Å². The third-order valence-electron chi connectivity index (χ3n) is 4.74. The lowest BCUT2D eigenvalue weighted by Gasteiger charge is -2.34. The van der Waals surface area contributed by atoms with E-state index in [0.717, 1.165) is 36.5 Å². The van der Waals surface area contributed by atoms with Gasteiger partial charge in [0.05, 0.1) is 11.3 Å². The molecule has 0 unspecified atom stereocenters. The van der Waals surface area contributed by atoms with Gasteiger partial charge >= 0.3 is 6.18 Å². The first-order valence-electron chi connectivity index (χ1n) is 8.58. The van der Waals surface area contributed by atoms with Crippen molar-refractivity contribution in [1.29, 1.82) is 0 Å².